The summed E-state index contributed by atoms with van der Waals surface area (Å²) < 4.78 is 5.57. The third-order valence-electron chi connectivity index (χ3n) is 3.37. The van der Waals surface area contributed by atoms with Crippen LogP contribution in [0.5, 0.6) is 5.75 Å². The number of ether oxygens (including phenoxy) is 1. The zero-order chi connectivity index (χ0) is 18.2. The first-order valence-electron chi connectivity index (χ1n) is 8.46. The average Bonchev–Trinajstić information content (AvgIpc) is 2.55. The zero-order valence-electron chi connectivity index (χ0n) is 14.8. The Hall–Kier alpha value is -2.82. The van der Waals surface area contributed by atoms with Crippen molar-refractivity contribution in [3.05, 3.63) is 54.1 Å². The highest BCUT2D eigenvalue weighted by atomic mass is 16.5. The molecule has 2 aromatic rings. The van der Waals surface area contributed by atoms with Gasteiger partial charge in [-0.05, 0) is 62.7 Å². The molecule has 2 aromatic carbocycles. The molecule has 2 amide bonds. The van der Waals surface area contributed by atoms with E-state index in [0.29, 0.717) is 23.4 Å². The van der Waals surface area contributed by atoms with Gasteiger partial charge in [-0.2, -0.15) is 0 Å². The molecule has 0 saturated heterocycles. The molecular formula is C20H24N2O3. The molecule has 2 N–H and O–H groups in total. The Labute approximate surface area is 148 Å². The second kappa shape index (κ2) is 8.87. The van der Waals surface area contributed by atoms with Crippen LogP contribution in [0.25, 0.3) is 0 Å². The highest BCUT2D eigenvalue weighted by Gasteiger charge is 2.08. The Kier molecular flexibility index (Phi) is 6.57. The van der Waals surface area contributed by atoms with Gasteiger partial charge in [0.2, 0.25) is 5.91 Å². The monoisotopic (exact) mass is 340 g/mol. The summed E-state index contributed by atoms with van der Waals surface area (Å²) in [4.78, 5) is 24.0. The van der Waals surface area contributed by atoms with Crippen LogP contribution in [0.2, 0.25) is 0 Å². The summed E-state index contributed by atoms with van der Waals surface area (Å²) in [6.45, 7) is 5.85. The fourth-order valence-electron chi connectivity index (χ4n) is 2.29. The predicted molar refractivity (Wildman–Crippen MR) is 100 cm³/mol. The van der Waals surface area contributed by atoms with Crippen molar-refractivity contribution in [3.63, 3.8) is 0 Å². The molecule has 25 heavy (non-hydrogen) atoms. The molecule has 0 bridgehead atoms. The second-order valence-corrected chi connectivity index (χ2v) is 6.02. The van der Waals surface area contributed by atoms with Crippen LogP contribution in [0.3, 0.4) is 0 Å². The van der Waals surface area contributed by atoms with E-state index in [4.69, 9.17) is 4.74 Å². The Morgan fingerprint density at radius 1 is 1.00 bits per heavy atom. The molecule has 0 atom stereocenters. The van der Waals surface area contributed by atoms with Crippen LogP contribution in [0.1, 0.15) is 44.0 Å². The molecule has 0 fully saturated rings. The quantitative estimate of drug-likeness (QED) is 0.782. The molecule has 0 unspecified atom stereocenters. The van der Waals surface area contributed by atoms with Crippen LogP contribution in [0, 0.1) is 0 Å². The first kappa shape index (κ1) is 18.5. The number of amides is 2. The third-order valence-corrected chi connectivity index (χ3v) is 3.37. The maximum Gasteiger partial charge on any atom is 0.255 e. The minimum absolute atomic E-state index is 0.0354. The first-order valence-corrected chi connectivity index (χ1v) is 8.46. The van der Waals surface area contributed by atoms with Gasteiger partial charge in [0.05, 0.1) is 6.10 Å². The Balaban J connectivity index is 2.01. The van der Waals surface area contributed by atoms with Crippen molar-refractivity contribution < 1.29 is 14.3 Å². The topological polar surface area (TPSA) is 67.4 Å². The molecule has 2 rings (SSSR count). The van der Waals surface area contributed by atoms with E-state index in [0.717, 1.165) is 12.2 Å². The molecule has 0 aliphatic heterocycles. The van der Waals surface area contributed by atoms with Gasteiger partial charge in [-0.15, -0.1) is 0 Å². The predicted octanol–water partition coefficient (Wildman–Crippen LogP) is 4.46. The molecule has 0 aromatic heterocycles. The first-order chi connectivity index (χ1) is 12.0. The number of hydrogen-bond acceptors (Lipinski definition) is 3. The molecule has 0 spiro atoms. The van der Waals surface area contributed by atoms with Gasteiger partial charge in [0, 0.05) is 23.4 Å². The summed E-state index contributed by atoms with van der Waals surface area (Å²) in [5.41, 5.74) is 1.83. The van der Waals surface area contributed by atoms with Crippen LogP contribution >= 0.6 is 0 Å². The number of carbonyl (C=O) groups is 2. The van der Waals surface area contributed by atoms with Crippen LogP contribution in [-0.2, 0) is 4.79 Å². The van der Waals surface area contributed by atoms with E-state index in [2.05, 4.69) is 10.6 Å². The number of benzene rings is 2. The van der Waals surface area contributed by atoms with Crippen LogP contribution in [-0.4, -0.2) is 17.9 Å². The molecule has 5 heteroatoms. The van der Waals surface area contributed by atoms with E-state index >= 15 is 0 Å². The number of anilines is 2. The normalized spacial score (nSPS) is 10.4. The van der Waals surface area contributed by atoms with Gasteiger partial charge in [0.25, 0.3) is 5.91 Å². The summed E-state index contributed by atoms with van der Waals surface area (Å²) in [6.07, 6.45) is 1.35. The van der Waals surface area contributed by atoms with Crippen molar-refractivity contribution >= 4 is 23.2 Å². The summed E-state index contributed by atoms with van der Waals surface area (Å²) >= 11 is 0. The highest BCUT2D eigenvalue weighted by Crippen LogP contribution is 2.18. The largest absolute Gasteiger partial charge is 0.491 e. The smallest absolute Gasteiger partial charge is 0.255 e. The lowest BCUT2D eigenvalue weighted by Gasteiger charge is -2.11. The standard InChI is InChI=1S/C20H24N2O3/c1-4-6-19(23)21-16-7-5-8-17(13-16)22-20(24)15-9-11-18(12-10-15)25-14(2)3/h5,7-14H,4,6H2,1-3H3,(H,21,23)(H,22,24). The van der Waals surface area contributed by atoms with Gasteiger partial charge in [-0.25, -0.2) is 0 Å². The number of rotatable bonds is 7. The van der Waals surface area contributed by atoms with Gasteiger partial charge < -0.3 is 15.4 Å². The molecular weight excluding hydrogens is 316 g/mol. The van der Waals surface area contributed by atoms with E-state index < -0.39 is 0 Å². The van der Waals surface area contributed by atoms with Crippen molar-refractivity contribution in [1.82, 2.24) is 0 Å². The molecule has 0 aliphatic carbocycles. The molecule has 0 heterocycles. The van der Waals surface area contributed by atoms with Gasteiger partial charge in [-0.3, -0.25) is 9.59 Å². The average molecular weight is 340 g/mol. The second-order valence-electron chi connectivity index (χ2n) is 6.02. The van der Waals surface area contributed by atoms with Gasteiger partial charge in [-0.1, -0.05) is 13.0 Å². The van der Waals surface area contributed by atoms with Crippen molar-refractivity contribution in [3.8, 4) is 5.75 Å². The molecule has 0 aliphatic rings. The van der Waals surface area contributed by atoms with Crippen LogP contribution in [0.4, 0.5) is 11.4 Å². The summed E-state index contributed by atoms with van der Waals surface area (Å²) in [7, 11) is 0. The minimum atomic E-state index is -0.215. The van der Waals surface area contributed by atoms with Crippen molar-refractivity contribution in [2.45, 2.75) is 39.7 Å². The minimum Gasteiger partial charge on any atom is -0.491 e. The lowest BCUT2D eigenvalue weighted by Crippen LogP contribution is -2.13. The Morgan fingerprint density at radius 2 is 1.64 bits per heavy atom. The Bertz CT molecular complexity index is 724. The fourth-order valence-corrected chi connectivity index (χ4v) is 2.29. The van der Waals surface area contributed by atoms with Crippen molar-refractivity contribution in [2.75, 3.05) is 10.6 Å². The van der Waals surface area contributed by atoms with Crippen LogP contribution in [0.15, 0.2) is 48.5 Å². The van der Waals surface area contributed by atoms with E-state index in [1.807, 2.05) is 20.8 Å². The summed E-state index contributed by atoms with van der Waals surface area (Å²) in [6, 6.07) is 14.1. The number of hydrogen-bond donors (Lipinski definition) is 2. The lowest BCUT2D eigenvalue weighted by molar-refractivity contribution is -0.116. The van der Waals surface area contributed by atoms with Gasteiger partial charge in [0.15, 0.2) is 0 Å². The van der Waals surface area contributed by atoms with E-state index in [-0.39, 0.29) is 17.9 Å². The van der Waals surface area contributed by atoms with E-state index in [1.54, 1.807) is 48.5 Å². The lowest BCUT2D eigenvalue weighted by atomic mass is 10.2. The molecule has 0 radical (unpaired) electrons. The maximum atomic E-state index is 12.3. The molecule has 0 saturated carbocycles. The third kappa shape index (κ3) is 5.95. The van der Waals surface area contributed by atoms with Gasteiger partial charge >= 0.3 is 0 Å². The van der Waals surface area contributed by atoms with Gasteiger partial charge in [0.1, 0.15) is 5.75 Å². The van der Waals surface area contributed by atoms with Crippen molar-refractivity contribution in [2.24, 2.45) is 0 Å². The van der Waals surface area contributed by atoms with E-state index in [9.17, 15) is 9.59 Å². The van der Waals surface area contributed by atoms with Crippen molar-refractivity contribution in [1.29, 1.82) is 0 Å². The molecule has 132 valence electrons. The number of carbonyl (C=O) groups excluding carboxylic acids is 2. The van der Waals surface area contributed by atoms with Crippen LogP contribution < -0.4 is 15.4 Å². The SMILES string of the molecule is CCCC(=O)Nc1cccc(NC(=O)c2ccc(OC(C)C)cc2)c1. The summed E-state index contributed by atoms with van der Waals surface area (Å²) in [5, 5.41) is 5.65. The maximum absolute atomic E-state index is 12.3. The zero-order valence-corrected chi connectivity index (χ0v) is 14.8. The summed E-state index contributed by atoms with van der Waals surface area (Å²) in [5.74, 6) is 0.479. The molecule has 5 nitrogen and oxygen atoms in total. The Morgan fingerprint density at radius 3 is 2.24 bits per heavy atom. The fraction of sp³-hybridized carbons (Fsp3) is 0.300. The van der Waals surface area contributed by atoms with E-state index in [1.165, 1.54) is 0 Å². The number of nitrogens with one attached hydrogen (secondary N) is 2. The highest BCUT2D eigenvalue weighted by molar-refractivity contribution is 6.04.